The van der Waals surface area contributed by atoms with Crippen LogP contribution in [0.25, 0.3) is 0 Å². The van der Waals surface area contributed by atoms with Crippen LogP contribution in [0.1, 0.15) is 17.2 Å². The van der Waals surface area contributed by atoms with Crippen LogP contribution in [0.2, 0.25) is 0 Å². The van der Waals surface area contributed by atoms with Gasteiger partial charge in [-0.2, -0.15) is 0 Å². The number of hydrogen-bond donors (Lipinski definition) is 1. The molecule has 0 amide bonds. The van der Waals surface area contributed by atoms with E-state index < -0.39 is 6.36 Å². The first kappa shape index (κ1) is 16.1. The molecule has 0 fully saturated rings. The molecular formula is C15H13F3INO. The lowest BCUT2D eigenvalue weighted by molar-refractivity contribution is -0.274. The molecule has 21 heavy (non-hydrogen) atoms. The van der Waals surface area contributed by atoms with Gasteiger partial charge >= 0.3 is 6.36 Å². The fourth-order valence-electron chi connectivity index (χ4n) is 1.91. The molecule has 1 atom stereocenters. The van der Waals surface area contributed by atoms with Crippen molar-refractivity contribution in [2.24, 2.45) is 5.73 Å². The van der Waals surface area contributed by atoms with Gasteiger partial charge in [0.1, 0.15) is 5.75 Å². The summed E-state index contributed by atoms with van der Waals surface area (Å²) in [5, 5.41) is 0. The van der Waals surface area contributed by atoms with E-state index in [0.29, 0.717) is 6.42 Å². The van der Waals surface area contributed by atoms with Gasteiger partial charge in [0.05, 0.1) is 0 Å². The first-order chi connectivity index (χ1) is 9.83. The van der Waals surface area contributed by atoms with Gasteiger partial charge in [-0.1, -0.05) is 24.3 Å². The van der Waals surface area contributed by atoms with Gasteiger partial charge in [0.25, 0.3) is 0 Å². The van der Waals surface area contributed by atoms with Crippen LogP contribution in [-0.2, 0) is 6.42 Å². The van der Waals surface area contributed by atoms with E-state index in [1.165, 1.54) is 12.1 Å². The number of halogens is 4. The van der Waals surface area contributed by atoms with Crippen molar-refractivity contribution in [1.82, 2.24) is 0 Å². The summed E-state index contributed by atoms with van der Waals surface area (Å²) >= 11 is 2.21. The molecule has 0 bridgehead atoms. The number of alkyl halides is 3. The summed E-state index contributed by atoms with van der Waals surface area (Å²) in [6.45, 7) is 0. The molecule has 0 heterocycles. The van der Waals surface area contributed by atoms with Crippen molar-refractivity contribution in [3.63, 3.8) is 0 Å². The molecular weight excluding hydrogens is 394 g/mol. The first-order valence-electron chi connectivity index (χ1n) is 6.19. The SMILES string of the molecule is NC(Cc1ccc(OC(F)(F)F)cc1)c1ccc(I)cc1. The Labute approximate surface area is 134 Å². The Morgan fingerprint density at radius 1 is 1.00 bits per heavy atom. The molecule has 112 valence electrons. The summed E-state index contributed by atoms with van der Waals surface area (Å²) in [6, 6.07) is 13.4. The molecule has 2 N–H and O–H groups in total. The normalized spacial score (nSPS) is 13.0. The third-order valence-electron chi connectivity index (χ3n) is 2.91. The van der Waals surface area contributed by atoms with Crippen LogP contribution in [-0.4, -0.2) is 6.36 Å². The molecule has 1 unspecified atom stereocenters. The highest BCUT2D eigenvalue weighted by Gasteiger charge is 2.30. The predicted molar refractivity (Wildman–Crippen MR) is 82.9 cm³/mol. The molecule has 0 aromatic heterocycles. The Morgan fingerprint density at radius 3 is 2.10 bits per heavy atom. The van der Waals surface area contributed by atoms with Crippen LogP contribution in [0.4, 0.5) is 13.2 Å². The standard InChI is InChI=1S/C15H13F3INO/c16-15(17,18)21-13-7-1-10(2-8-13)9-14(20)11-3-5-12(19)6-4-11/h1-8,14H,9,20H2. The molecule has 2 aromatic carbocycles. The van der Waals surface area contributed by atoms with Crippen LogP contribution < -0.4 is 10.5 Å². The number of rotatable bonds is 4. The van der Waals surface area contributed by atoms with Crippen molar-refractivity contribution in [2.75, 3.05) is 0 Å². The van der Waals surface area contributed by atoms with Crippen LogP contribution in [0.5, 0.6) is 5.75 Å². The minimum absolute atomic E-state index is 0.198. The second kappa shape index (κ2) is 6.65. The molecule has 2 rings (SSSR count). The number of ether oxygens (including phenoxy) is 1. The Balaban J connectivity index is 2.01. The van der Waals surface area contributed by atoms with Crippen LogP contribution in [0, 0.1) is 3.57 Å². The smallest absolute Gasteiger partial charge is 0.406 e. The Kier molecular flexibility index (Phi) is 5.10. The lowest BCUT2D eigenvalue weighted by atomic mass is 10.00. The fraction of sp³-hybridized carbons (Fsp3) is 0.200. The van der Waals surface area contributed by atoms with Gasteiger partial charge in [-0.25, -0.2) is 0 Å². The van der Waals surface area contributed by atoms with Crippen molar-refractivity contribution in [3.05, 3.63) is 63.2 Å². The maximum atomic E-state index is 12.1. The molecule has 0 saturated carbocycles. The van der Waals surface area contributed by atoms with Crippen molar-refractivity contribution >= 4 is 22.6 Å². The average molecular weight is 407 g/mol. The van der Waals surface area contributed by atoms with E-state index in [-0.39, 0.29) is 11.8 Å². The van der Waals surface area contributed by atoms with E-state index in [4.69, 9.17) is 5.73 Å². The van der Waals surface area contributed by atoms with E-state index in [2.05, 4.69) is 27.3 Å². The van der Waals surface area contributed by atoms with E-state index in [9.17, 15) is 13.2 Å². The molecule has 0 spiro atoms. The quantitative estimate of drug-likeness (QED) is 0.762. The van der Waals surface area contributed by atoms with Crippen molar-refractivity contribution < 1.29 is 17.9 Å². The molecule has 0 saturated heterocycles. The van der Waals surface area contributed by atoms with E-state index in [1.807, 2.05) is 24.3 Å². The van der Waals surface area contributed by atoms with Gasteiger partial charge in [0.2, 0.25) is 0 Å². The zero-order chi connectivity index (χ0) is 15.5. The molecule has 2 aromatic rings. The first-order valence-corrected chi connectivity index (χ1v) is 7.27. The summed E-state index contributed by atoms with van der Waals surface area (Å²) in [4.78, 5) is 0. The average Bonchev–Trinajstić information content (AvgIpc) is 2.40. The highest BCUT2D eigenvalue weighted by molar-refractivity contribution is 14.1. The predicted octanol–water partition coefficient (Wildman–Crippen LogP) is 4.43. The summed E-state index contributed by atoms with van der Waals surface area (Å²) in [7, 11) is 0. The topological polar surface area (TPSA) is 35.2 Å². The van der Waals surface area contributed by atoms with Crippen LogP contribution in [0.15, 0.2) is 48.5 Å². The lowest BCUT2D eigenvalue weighted by Crippen LogP contribution is -2.17. The van der Waals surface area contributed by atoms with E-state index in [1.54, 1.807) is 12.1 Å². The molecule has 0 aliphatic carbocycles. The lowest BCUT2D eigenvalue weighted by Gasteiger charge is -2.13. The van der Waals surface area contributed by atoms with Crippen LogP contribution in [0.3, 0.4) is 0 Å². The number of benzene rings is 2. The molecule has 0 aliphatic heterocycles. The highest BCUT2D eigenvalue weighted by atomic mass is 127. The van der Waals surface area contributed by atoms with Gasteiger partial charge in [0.15, 0.2) is 0 Å². The maximum absolute atomic E-state index is 12.1. The maximum Gasteiger partial charge on any atom is 0.573 e. The van der Waals surface area contributed by atoms with Crippen molar-refractivity contribution in [1.29, 1.82) is 0 Å². The minimum atomic E-state index is -4.67. The summed E-state index contributed by atoms with van der Waals surface area (Å²) < 4.78 is 41.1. The van der Waals surface area contributed by atoms with Crippen LogP contribution >= 0.6 is 22.6 Å². The zero-order valence-electron chi connectivity index (χ0n) is 10.9. The number of hydrogen-bond acceptors (Lipinski definition) is 2. The summed E-state index contributed by atoms with van der Waals surface area (Å²) in [5.41, 5.74) is 7.95. The van der Waals surface area contributed by atoms with Gasteiger partial charge in [0, 0.05) is 9.61 Å². The second-order valence-corrected chi connectivity index (χ2v) is 5.80. The molecule has 0 aliphatic rings. The summed E-state index contributed by atoms with van der Waals surface area (Å²) in [6.07, 6.45) is -4.12. The zero-order valence-corrected chi connectivity index (χ0v) is 13.1. The molecule has 0 radical (unpaired) electrons. The molecule has 2 nitrogen and oxygen atoms in total. The van der Waals surface area contributed by atoms with Gasteiger partial charge in [-0.15, -0.1) is 13.2 Å². The largest absolute Gasteiger partial charge is 0.573 e. The highest BCUT2D eigenvalue weighted by Crippen LogP contribution is 2.24. The van der Waals surface area contributed by atoms with Crippen molar-refractivity contribution in [2.45, 2.75) is 18.8 Å². The van der Waals surface area contributed by atoms with Crippen molar-refractivity contribution in [3.8, 4) is 5.75 Å². The molecule has 6 heteroatoms. The second-order valence-electron chi connectivity index (χ2n) is 4.55. The van der Waals surface area contributed by atoms with Gasteiger partial charge < -0.3 is 10.5 Å². The Morgan fingerprint density at radius 2 is 1.57 bits per heavy atom. The van der Waals surface area contributed by atoms with E-state index in [0.717, 1.165) is 14.7 Å². The third kappa shape index (κ3) is 5.20. The summed E-state index contributed by atoms with van der Waals surface area (Å²) in [5.74, 6) is -0.228. The monoisotopic (exact) mass is 407 g/mol. The Bertz CT molecular complexity index is 581. The van der Waals surface area contributed by atoms with Gasteiger partial charge in [-0.05, 0) is 64.4 Å². The minimum Gasteiger partial charge on any atom is -0.406 e. The Hall–Kier alpha value is -1.28. The van der Waals surface area contributed by atoms with E-state index >= 15 is 0 Å². The van der Waals surface area contributed by atoms with Gasteiger partial charge in [-0.3, -0.25) is 0 Å². The fourth-order valence-corrected chi connectivity index (χ4v) is 2.27. The number of nitrogens with two attached hydrogens (primary N) is 1. The third-order valence-corrected chi connectivity index (χ3v) is 3.63.